The van der Waals surface area contributed by atoms with Crippen molar-refractivity contribution in [3.8, 4) is 0 Å². The monoisotopic (exact) mass is 913 g/mol. The predicted octanol–water partition coefficient (Wildman–Crippen LogP) is -10.8. The molecule has 25 atom stereocenters. The van der Waals surface area contributed by atoms with E-state index in [1.54, 1.807) is 0 Å². The molecule has 0 amide bonds. The highest BCUT2D eigenvalue weighted by Gasteiger charge is 2.57. The second kappa shape index (κ2) is 23.6. The van der Waals surface area contributed by atoms with Gasteiger partial charge in [0.05, 0.1) is 33.0 Å². The molecule has 18 N–H and O–H groups in total. The van der Waals surface area contributed by atoms with Gasteiger partial charge in [0.2, 0.25) is 0 Å². The number of aliphatic hydroxyl groups excluding tert-OH is 16. The predicted molar refractivity (Wildman–Crippen MR) is 193 cm³/mol. The van der Waals surface area contributed by atoms with Gasteiger partial charge in [-0.3, -0.25) is 0 Å². The summed E-state index contributed by atoms with van der Waals surface area (Å²) in [4.78, 5) is 0. The maximum Gasteiger partial charge on any atom is 0.187 e. The lowest BCUT2D eigenvalue weighted by atomic mass is 9.95. The summed E-state index contributed by atoms with van der Waals surface area (Å²) in [5.41, 5.74) is 5.52. The minimum Gasteiger partial charge on any atom is -0.394 e. The second-order valence-corrected chi connectivity index (χ2v) is 15.6. The Morgan fingerprint density at radius 1 is 0.323 bits per heavy atom. The molecule has 5 rings (SSSR count). The topological polar surface area (TPSA) is 442 Å². The van der Waals surface area contributed by atoms with Crippen molar-refractivity contribution in [1.29, 1.82) is 0 Å². The summed E-state index contributed by atoms with van der Waals surface area (Å²) < 4.78 is 56.7. The zero-order valence-electron chi connectivity index (χ0n) is 33.3. The molecule has 5 heterocycles. The van der Waals surface area contributed by atoms with Crippen molar-refractivity contribution < 1.29 is 129 Å². The summed E-state index contributed by atoms with van der Waals surface area (Å²) in [5, 5.41) is 170. The molecule has 5 aliphatic heterocycles. The third kappa shape index (κ3) is 11.4. The highest BCUT2D eigenvalue weighted by molar-refractivity contribution is 4.99. The summed E-state index contributed by atoms with van der Waals surface area (Å²) in [6, 6.07) is 0. The van der Waals surface area contributed by atoms with Crippen LogP contribution in [-0.2, 0) is 47.4 Å². The number of unbranched alkanes of at least 4 members (excludes halogenated alkanes) is 2. The zero-order valence-corrected chi connectivity index (χ0v) is 33.3. The number of rotatable bonds is 19. The Morgan fingerprint density at radius 3 is 1.11 bits per heavy atom. The third-order valence-corrected chi connectivity index (χ3v) is 11.4. The fourth-order valence-electron chi connectivity index (χ4n) is 7.72. The first-order chi connectivity index (χ1) is 29.6. The lowest BCUT2D eigenvalue weighted by molar-refractivity contribution is -0.407. The van der Waals surface area contributed by atoms with Gasteiger partial charge in [0.1, 0.15) is 122 Å². The molecule has 5 aliphatic rings. The Hall–Kier alpha value is -1.08. The number of nitrogens with two attached hydrogens (primary N) is 1. The molecule has 364 valence electrons. The molecule has 27 nitrogen and oxygen atoms in total. The van der Waals surface area contributed by atoms with Crippen LogP contribution in [0.4, 0.5) is 0 Å². The maximum atomic E-state index is 11.6. The van der Waals surface area contributed by atoms with Crippen LogP contribution in [0.15, 0.2) is 0 Å². The molecule has 0 bridgehead atoms. The van der Waals surface area contributed by atoms with Gasteiger partial charge in [-0.15, -0.1) is 0 Å². The summed E-state index contributed by atoms with van der Waals surface area (Å²) in [6.07, 6.45) is -44.8. The fourth-order valence-corrected chi connectivity index (χ4v) is 7.72. The Labute approximate surface area is 353 Å². The van der Waals surface area contributed by atoms with E-state index in [0.29, 0.717) is 25.8 Å². The van der Waals surface area contributed by atoms with E-state index >= 15 is 0 Å². The number of hydrogen-bond donors (Lipinski definition) is 17. The van der Waals surface area contributed by atoms with Gasteiger partial charge >= 0.3 is 0 Å². The van der Waals surface area contributed by atoms with Crippen LogP contribution in [0.25, 0.3) is 0 Å². The van der Waals surface area contributed by atoms with Gasteiger partial charge in [-0.2, -0.15) is 0 Å². The standard InChI is InChI=1S/C35H63NO26/c36-4-2-1-3-5-53-31-25(51)27(19(45)14(9-40)54-31)59-33-26(52)28(20(46)15(10-41)56-33)60-34-30(23(49)18(44)12(7-38)57-34)62-35-29(22(48)17(43)13(8-39)58-35)61-32-24(50)21(47)16(42)11(6-37)55-32/h11-35,37-52H,1-10,36H2/t11?,12?,13?,14?,15?,16-,17-,18-,19-,20-,21+,22+,23+,24?,25?,26?,27+,28+,29?,30?,31+,32-,33-,34-,35-/m1/s1. The Balaban J connectivity index is 1.39. The van der Waals surface area contributed by atoms with Crippen LogP contribution in [0, 0.1) is 0 Å². The van der Waals surface area contributed by atoms with Crippen LogP contribution < -0.4 is 5.73 Å². The van der Waals surface area contributed by atoms with Gasteiger partial charge in [0.15, 0.2) is 31.5 Å². The molecule has 62 heavy (non-hydrogen) atoms. The summed E-state index contributed by atoms with van der Waals surface area (Å²) in [6.45, 7) is -4.00. The van der Waals surface area contributed by atoms with Crippen LogP contribution in [0.5, 0.6) is 0 Å². The molecule has 27 heteroatoms. The largest absolute Gasteiger partial charge is 0.394 e. The molecule has 0 radical (unpaired) electrons. The minimum absolute atomic E-state index is 0.0761. The van der Waals surface area contributed by atoms with Gasteiger partial charge < -0.3 is 135 Å². The van der Waals surface area contributed by atoms with Crippen LogP contribution in [-0.4, -0.2) is 281 Å². The first-order valence-corrected chi connectivity index (χ1v) is 20.3. The van der Waals surface area contributed by atoms with E-state index in [4.69, 9.17) is 53.1 Å². The molecule has 5 saturated heterocycles. The van der Waals surface area contributed by atoms with E-state index in [2.05, 4.69) is 0 Å². The molecular weight excluding hydrogens is 850 g/mol. The lowest BCUT2D eigenvalue weighted by Crippen LogP contribution is -2.68. The molecule has 10 unspecified atom stereocenters. The zero-order chi connectivity index (χ0) is 45.6. The van der Waals surface area contributed by atoms with Gasteiger partial charge in [-0.1, -0.05) is 0 Å². The van der Waals surface area contributed by atoms with Crippen LogP contribution in [0.3, 0.4) is 0 Å². The quantitative estimate of drug-likeness (QED) is 0.0535. The first kappa shape index (κ1) is 51.9. The first-order valence-electron chi connectivity index (χ1n) is 20.3. The highest BCUT2D eigenvalue weighted by atomic mass is 16.8. The minimum atomic E-state index is -2.14. The van der Waals surface area contributed by atoms with E-state index < -0.39 is 187 Å². The van der Waals surface area contributed by atoms with Gasteiger partial charge in [-0.05, 0) is 25.8 Å². The Bertz CT molecular complexity index is 1310. The van der Waals surface area contributed by atoms with Crippen LogP contribution in [0.2, 0.25) is 0 Å². The summed E-state index contributed by atoms with van der Waals surface area (Å²) in [5.74, 6) is 0. The highest BCUT2D eigenvalue weighted by Crippen LogP contribution is 2.36. The fraction of sp³-hybridized carbons (Fsp3) is 1.00. The normalized spacial score (nSPS) is 49.2. The van der Waals surface area contributed by atoms with Crippen molar-refractivity contribution in [1.82, 2.24) is 0 Å². The molecular formula is C35H63NO26. The number of ether oxygens (including phenoxy) is 10. The summed E-state index contributed by atoms with van der Waals surface area (Å²) in [7, 11) is 0. The van der Waals surface area contributed by atoms with Gasteiger partial charge in [0.25, 0.3) is 0 Å². The van der Waals surface area contributed by atoms with Crippen molar-refractivity contribution in [2.75, 3.05) is 46.2 Å². The summed E-state index contributed by atoms with van der Waals surface area (Å²) >= 11 is 0. The van der Waals surface area contributed by atoms with Crippen molar-refractivity contribution in [3.05, 3.63) is 0 Å². The molecule has 0 aromatic heterocycles. The smallest absolute Gasteiger partial charge is 0.187 e. The van der Waals surface area contributed by atoms with Crippen molar-refractivity contribution >= 4 is 0 Å². The average Bonchev–Trinajstić information content (AvgIpc) is 3.26. The van der Waals surface area contributed by atoms with Crippen molar-refractivity contribution in [2.45, 2.75) is 173 Å². The van der Waals surface area contributed by atoms with Crippen molar-refractivity contribution in [2.24, 2.45) is 5.73 Å². The Morgan fingerprint density at radius 2 is 0.661 bits per heavy atom. The second-order valence-electron chi connectivity index (χ2n) is 15.6. The van der Waals surface area contributed by atoms with E-state index in [9.17, 15) is 81.7 Å². The number of aliphatic hydroxyl groups is 16. The van der Waals surface area contributed by atoms with Crippen LogP contribution >= 0.6 is 0 Å². The molecule has 0 spiro atoms. The molecule has 0 aromatic rings. The average molecular weight is 914 g/mol. The van der Waals surface area contributed by atoms with Gasteiger partial charge in [0, 0.05) is 6.61 Å². The lowest BCUT2D eigenvalue weighted by Gasteiger charge is -2.50. The van der Waals surface area contributed by atoms with Crippen molar-refractivity contribution in [3.63, 3.8) is 0 Å². The SMILES string of the molecule is NCCCCCO[C@H]1OC(CO)[C@@H](O)[C@H](O[C@H]2OC(CO)[C@@H](O)[C@H](O[C@H]3OC(CO)[C@@H](O)[C@H](O)C3O[C@H]3OC(CO)[C@@H](O)[C@H](O)C3O[C@H]3OC(CO)[C@@H](O)[C@H](O)C3O)C2O)C1O. The van der Waals surface area contributed by atoms with Gasteiger partial charge in [-0.25, -0.2) is 0 Å². The molecule has 0 saturated carbocycles. The Kier molecular flexibility index (Phi) is 19.7. The third-order valence-electron chi connectivity index (χ3n) is 11.4. The number of hydrogen-bond acceptors (Lipinski definition) is 27. The maximum absolute atomic E-state index is 11.6. The van der Waals surface area contributed by atoms with Crippen LogP contribution in [0.1, 0.15) is 19.3 Å². The van der Waals surface area contributed by atoms with E-state index in [1.165, 1.54) is 0 Å². The molecule has 5 fully saturated rings. The van der Waals surface area contributed by atoms with E-state index in [0.717, 1.165) is 0 Å². The van der Waals surface area contributed by atoms with E-state index in [-0.39, 0.29) is 6.61 Å². The molecule has 0 aromatic carbocycles. The molecule has 0 aliphatic carbocycles. The van der Waals surface area contributed by atoms with E-state index in [1.807, 2.05) is 0 Å².